The van der Waals surface area contributed by atoms with Gasteiger partial charge in [-0.1, -0.05) is 65.0 Å². The number of allylic oxidation sites excluding steroid dienone is 6. The Balaban J connectivity index is 2.48. The summed E-state index contributed by atoms with van der Waals surface area (Å²) >= 11 is 0. The van der Waals surface area contributed by atoms with Gasteiger partial charge in [0.1, 0.15) is 17.3 Å². The van der Waals surface area contributed by atoms with Gasteiger partial charge in [-0.15, -0.1) is 0 Å². The number of esters is 1. The first kappa shape index (κ1) is 23.7. The summed E-state index contributed by atoms with van der Waals surface area (Å²) in [7, 11) is 0. The van der Waals surface area contributed by atoms with Crippen molar-refractivity contribution in [1.29, 1.82) is 0 Å². The van der Waals surface area contributed by atoms with Crippen LogP contribution in [-0.2, 0) is 9.53 Å². The lowest BCUT2D eigenvalue weighted by Gasteiger charge is -2.27. The summed E-state index contributed by atoms with van der Waals surface area (Å²) in [5, 5.41) is 9.03. The number of rotatable bonds is 11. The lowest BCUT2D eigenvalue weighted by atomic mass is 9.80. The number of carbonyl (C=O) groups is 1. The number of unbranched alkanes of at least 4 members (excludes halogenated alkanes) is 2. The molecule has 0 aromatic carbocycles. The molecule has 0 saturated heterocycles. The van der Waals surface area contributed by atoms with Gasteiger partial charge in [0.05, 0.1) is 5.92 Å². The number of hydrogen-bond donors (Lipinski definition) is 1. The number of carbonyl (C=O) groups excluding carboxylic acids is 1. The highest BCUT2D eigenvalue weighted by Gasteiger charge is 2.27. The standard InChI is InChI=1S/C24H33FO3/c1-6-7-8-9-21-12-14-22(15-13-21)24(27)28-19(4)16-23(25)20(5)17(2)10-11-18(3)26/h10-11,16,21-22,26H,2-9,12-15H2,1H3/b11-10-,23-16+. The van der Waals surface area contributed by atoms with E-state index in [1.807, 2.05) is 0 Å². The fourth-order valence-electron chi connectivity index (χ4n) is 3.29. The van der Waals surface area contributed by atoms with E-state index in [1.165, 1.54) is 37.8 Å². The van der Waals surface area contributed by atoms with Crippen molar-refractivity contribution in [3.8, 4) is 0 Å². The first-order valence-electron chi connectivity index (χ1n) is 9.96. The molecule has 0 aliphatic heterocycles. The molecule has 1 rings (SSSR count). The zero-order valence-corrected chi connectivity index (χ0v) is 17.0. The van der Waals surface area contributed by atoms with Crippen LogP contribution in [0.4, 0.5) is 4.39 Å². The number of aliphatic hydroxyl groups is 1. The normalized spacial score (nSPS) is 20.0. The van der Waals surface area contributed by atoms with Crippen LogP contribution < -0.4 is 0 Å². The van der Waals surface area contributed by atoms with E-state index >= 15 is 0 Å². The van der Waals surface area contributed by atoms with Crippen LogP contribution >= 0.6 is 0 Å². The molecule has 1 aliphatic carbocycles. The van der Waals surface area contributed by atoms with Crippen molar-refractivity contribution in [1.82, 2.24) is 0 Å². The molecule has 3 nitrogen and oxygen atoms in total. The van der Waals surface area contributed by atoms with Crippen molar-refractivity contribution >= 4 is 5.97 Å². The zero-order chi connectivity index (χ0) is 21.1. The monoisotopic (exact) mass is 388 g/mol. The zero-order valence-electron chi connectivity index (χ0n) is 17.0. The third-order valence-corrected chi connectivity index (χ3v) is 5.07. The van der Waals surface area contributed by atoms with Gasteiger partial charge in [0.2, 0.25) is 0 Å². The molecule has 1 saturated carbocycles. The van der Waals surface area contributed by atoms with Gasteiger partial charge in [-0.05, 0) is 43.3 Å². The van der Waals surface area contributed by atoms with Crippen LogP contribution in [0.3, 0.4) is 0 Å². The van der Waals surface area contributed by atoms with E-state index in [9.17, 15) is 9.18 Å². The second-order valence-electron chi connectivity index (χ2n) is 7.42. The van der Waals surface area contributed by atoms with Gasteiger partial charge in [0, 0.05) is 11.6 Å². The van der Waals surface area contributed by atoms with Crippen LogP contribution in [0.15, 0.2) is 73.0 Å². The second-order valence-corrected chi connectivity index (χ2v) is 7.42. The number of aliphatic hydroxyl groups excluding tert-OH is 1. The highest BCUT2D eigenvalue weighted by Crippen LogP contribution is 2.33. The smallest absolute Gasteiger partial charge is 0.314 e. The Hall–Kier alpha value is -2.36. The second kappa shape index (κ2) is 12.2. The van der Waals surface area contributed by atoms with Gasteiger partial charge >= 0.3 is 5.97 Å². The van der Waals surface area contributed by atoms with Gasteiger partial charge < -0.3 is 9.84 Å². The van der Waals surface area contributed by atoms with Gasteiger partial charge in [-0.3, -0.25) is 4.79 Å². The molecule has 0 bridgehead atoms. The van der Waals surface area contributed by atoms with Crippen LogP contribution in [0.2, 0.25) is 0 Å². The summed E-state index contributed by atoms with van der Waals surface area (Å²) in [4.78, 5) is 12.3. The molecule has 4 heteroatoms. The van der Waals surface area contributed by atoms with E-state index in [2.05, 4.69) is 33.2 Å². The molecule has 28 heavy (non-hydrogen) atoms. The first-order chi connectivity index (χ1) is 13.2. The minimum Gasteiger partial charge on any atom is -0.509 e. The van der Waals surface area contributed by atoms with Gasteiger partial charge in [0.25, 0.3) is 0 Å². The van der Waals surface area contributed by atoms with E-state index in [1.54, 1.807) is 0 Å². The molecule has 0 amide bonds. The lowest BCUT2D eigenvalue weighted by Crippen LogP contribution is -2.23. The first-order valence-corrected chi connectivity index (χ1v) is 9.96. The molecule has 1 N–H and O–H groups in total. The summed E-state index contributed by atoms with van der Waals surface area (Å²) in [6.07, 6.45) is 12.4. The topological polar surface area (TPSA) is 46.5 Å². The van der Waals surface area contributed by atoms with E-state index < -0.39 is 5.83 Å². The maximum atomic E-state index is 14.2. The van der Waals surface area contributed by atoms with Crippen molar-refractivity contribution in [3.63, 3.8) is 0 Å². The molecule has 0 aromatic heterocycles. The number of halogens is 1. The van der Waals surface area contributed by atoms with Crippen molar-refractivity contribution in [2.75, 3.05) is 0 Å². The fourth-order valence-corrected chi connectivity index (χ4v) is 3.29. The van der Waals surface area contributed by atoms with Crippen molar-refractivity contribution < 1.29 is 19.0 Å². The van der Waals surface area contributed by atoms with Crippen molar-refractivity contribution in [2.45, 2.75) is 58.3 Å². The van der Waals surface area contributed by atoms with Gasteiger partial charge in [-0.2, -0.15) is 0 Å². The predicted octanol–water partition coefficient (Wildman–Crippen LogP) is 7.02. The Bertz CT molecular complexity index is 661. The van der Waals surface area contributed by atoms with E-state index in [-0.39, 0.29) is 34.6 Å². The SMILES string of the molecule is C=C(O)/C=C\C(=C)C(=C)/C(F)=C\C(=C)OC(=O)C1CCC(CCCCC)CC1. The quantitative estimate of drug-likeness (QED) is 0.179. The maximum Gasteiger partial charge on any atom is 0.314 e. The molecule has 0 unspecified atom stereocenters. The Labute approximate surface area is 168 Å². The molecule has 0 atom stereocenters. The Morgan fingerprint density at radius 2 is 1.75 bits per heavy atom. The molecule has 1 aliphatic rings. The third kappa shape index (κ3) is 8.55. The summed E-state index contributed by atoms with van der Waals surface area (Å²) in [6, 6.07) is 0. The highest BCUT2D eigenvalue weighted by atomic mass is 19.1. The van der Waals surface area contributed by atoms with Crippen LogP contribution in [0.1, 0.15) is 58.3 Å². The summed E-state index contributed by atoms with van der Waals surface area (Å²) in [6.45, 7) is 16.4. The molecule has 0 aromatic rings. The van der Waals surface area contributed by atoms with Crippen LogP contribution in [0.25, 0.3) is 0 Å². The van der Waals surface area contributed by atoms with E-state index in [4.69, 9.17) is 9.84 Å². The van der Waals surface area contributed by atoms with Crippen molar-refractivity contribution in [3.05, 3.63) is 73.0 Å². The molecule has 154 valence electrons. The van der Waals surface area contributed by atoms with E-state index in [0.717, 1.165) is 31.8 Å². The number of ether oxygens (including phenoxy) is 1. The average molecular weight is 389 g/mol. The molecule has 0 radical (unpaired) electrons. The summed E-state index contributed by atoms with van der Waals surface area (Å²) in [5.41, 5.74) is 0.284. The van der Waals surface area contributed by atoms with Crippen LogP contribution in [-0.4, -0.2) is 11.1 Å². The highest BCUT2D eigenvalue weighted by molar-refractivity contribution is 5.74. The Morgan fingerprint density at radius 1 is 1.11 bits per heavy atom. The third-order valence-electron chi connectivity index (χ3n) is 5.07. The van der Waals surface area contributed by atoms with Crippen LogP contribution in [0.5, 0.6) is 0 Å². The van der Waals surface area contributed by atoms with E-state index in [0.29, 0.717) is 5.92 Å². The molecule has 0 spiro atoms. The molecular weight excluding hydrogens is 355 g/mol. The Kier molecular flexibility index (Phi) is 10.3. The largest absolute Gasteiger partial charge is 0.509 e. The maximum absolute atomic E-state index is 14.2. The average Bonchev–Trinajstić information content (AvgIpc) is 2.65. The number of hydrogen-bond acceptors (Lipinski definition) is 3. The minimum atomic E-state index is -0.698. The van der Waals surface area contributed by atoms with Crippen LogP contribution in [0, 0.1) is 11.8 Å². The fraction of sp³-hybridized carbons (Fsp3) is 0.458. The summed E-state index contributed by atoms with van der Waals surface area (Å²) in [5.74, 6) is -0.715. The van der Waals surface area contributed by atoms with Gasteiger partial charge in [-0.25, -0.2) is 4.39 Å². The summed E-state index contributed by atoms with van der Waals surface area (Å²) < 4.78 is 19.5. The minimum absolute atomic E-state index is 0.0160. The molecule has 0 heterocycles. The van der Waals surface area contributed by atoms with Crippen molar-refractivity contribution in [2.24, 2.45) is 11.8 Å². The van der Waals surface area contributed by atoms with Gasteiger partial charge in [0.15, 0.2) is 0 Å². The Morgan fingerprint density at radius 3 is 2.32 bits per heavy atom. The molecule has 1 fully saturated rings. The predicted molar refractivity (Wildman–Crippen MR) is 113 cm³/mol. The molecular formula is C24H33FO3. The lowest BCUT2D eigenvalue weighted by molar-refractivity contribution is -0.145.